The van der Waals surface area contributed by atoms with Crippen LogP contribution in [0, 0.1) is 0 Å². The molecule has 1 aromatic rings. The van der Waals surface area contributed by atoms with Gasteiger partial charge in [0.05, 0.1) is 17.1 Å². The quantitative estimate of drug-likeness (QED) is 0.838. The first-order chi connectivity index (χ1) is 8.56. The van der Waals surface area contributed by atoms with Gasteiger partial charge in [0, 0.05) is 5.02 Å². The molecule has 0 saturated heterocycles. The first kappa shape index (κ1) is 15.3. The molecule has 18 heavy (non-hydrogen) atoms. The molecule has 0 bridgehead atoms. The predicted molar refractivity (Wildman–Crippen MR) is 74.0 cm³/mol. The van der Waals surface area contributed by atoms with Crippen molar-refractivity contribution >= 4 is 33.4 Å². The molecule has 0 heterocycles. The third-order valence-electron chi connectivity index (χ3n) is 2.33. The summed E-state index contributed by atoms with van der Waals surface area (Å²) in [7, 11) is 0. The number of rotatable bonds is 6. The van der Waals surface area contributed by atoms with Gasteiger partial charge in [-0.1, -0.05) is 18.5 Å². The summed E-state index contributed by atoms with van der Waals surface area (Å²) < 4.78 is 6.04. The fraction of sp³-hybridized carbons (Fsp3) is 0.417. The van der Waals surface area contributed by atoms with E-state index >= 15 is 0 Å². The molecule has 2 N–H and O–H groups in total. The minimum absolute atomic E-state index is 0.0765. The lowest BCUT2D eigenvalue weighted by Gasteiger charge is -2.14. The molecular weight excluding hydrogens is 321 g/mol. The van der Waals surface area contributed by atoms with Crippen LogP contribution in [0.1, 0.15) is 13.3 Å². The SMILES string of the molecule is CC[C@H](CO)NC(=O)COc1ccc(Cl)cc1Br. The van der Waals surface area contributed by atoms with E-state index in [-0.39, 0.29) is 25.2 Å². The number of hydrogen-bond donors (Lipinski definition) is 2. The van der Waals surface area contributed by atoms with Crippen LogP contribution < -0.4 is 10.1 Å². The summed E-state index contributed by atoms with van der Waals surface area (Å²) in [5.41, 5.74) is 0. The first-order valence-electron chi connectivity index (χ1n) is 5.54. The number of aliphatic hydroxyl groups excluding tert-OH is 1. The van der Waals surface area contributed by atoms with E-state index in [1.54, 1.807) is 18.2 Å². The Balaban J connectivity index is 2.47. The van der Waals surface area contributed by atoms with Gasteiger partial charge in [0.1, 0.15) is 5.75 Å². The van der Waals surface area contributed by atoms with Crippen molar-refractivity contribution in [3.63, 3.8) is 0 Å². The second kappa shape index (κ2) is 7.61. The number of hydrogen-bond acceptors (Lipinski definition) is 3. The normalized spacial score (nSPS) is 12.0. The minimum Gasteiger partial charge on any atom is -0.483 e. The van der Waals surface area contributed by atoms with Gasteiger partial charge < -0.3 is 15.2 Å². The van der Waals surface area contributed by atoms with Crippen LogP contribution in [0.4, 0.5) is 0 Å². The Labute approximate surface area is 119 Å². The molecular formula is C12H15BrClNO3. The van der Waals surface area contributed by atoms with Gasteiger partial charge in [-0.05, 0) is 40.5 Å². The van der Waals surface area contributed by atoms with Crippen LogP contribution in [0.3, 0.4) is 0 Å². The zero-order valence-electron chi connectivity index (χ0n) is 9.95. The van der Waals surface area contributed by atoms with E-state index in [1.165, 1.54) is 0 Å². The van der Waals surface area contributed by atoms with Crippen LogP contribution in [0.25, 0.3) is 0 Å². The summed E-state index contributed by atoms with van der Waals surface area (Å²) in [6.45, 7) is 1.71. The number of halogens is 2. The van der Waals surface area contributed by atoms with Gasteiger partial charge in [-0.25, -0.2) is 0 Å². The molecule has 0 radical (unpaired) electrons. The van der Waals surface area contributed by atoms with Crippen LogP contribution in [0.2, 0.25) is 5.02 Å². The molecule has 4 nitrogen and oxygen atoms in total. The standard InChI is InChI=1S/C12H15BrClNO3/c1-2-9(6-16)15-12(17)7-18-11-4-3-8(14)5-10(11)13/h3-5,9,16H,2,6-7H2,1H3,(H,15,17)/t9-/m1/s1. The van der Waals surface area contributed by atoms with Crippen LogP contribution in [-0.2, 0) is 4.79 Å². The van der Waals surface area contributed by atoms with E-state index in [4.69, 9.17) is 21.4 Å². The Hall–Kier alpha value is -0.780. The van der Waals surface area contributed by atoms with Crippen molar-refractivity contribution in [1.29, 1.82) is 0 Å². The van der Waals surface area contributed by atoms with E-state index < -0.39 is 0 Å². The van der Waals surface area contributed by atoms with Crippen molar-refractivity contribution in [2.45, 2.75) is 19.4 Å². The zero-order chi connectivity index (χ0) is 13.5. The minimum atomic E-state index is -0.266. The Morgan fingerprint density at radius 1 is 1.61 bits per heavy atom. The fourth-order valence-corrected chi connectivity index (χ4v) is 2.08. The van der Waals surface area contributed by atoms with Gasteiger partial charge in [0.25, 0.3) is 5.91 Å². The van der Waals surface area contributed by atoms with Gasteiger partial charge in [0.15, 0.2) is 6.61 Å². The van der Waals surface area contributed by atoms with Crippen molar-refractivity contribution in [2.24, 2.45) is 0 Å². The highest BCUT2D eigenvalue weighted by molar-refractivity contribution is 9.10. The lowest BCUT2D eigenvalue weighted by atomic mass is 10.2. The lowest BCUT2D eigenvalue weighted by Crippen LogP contribution is -2.39. The van der Waals surface area contributed by atoms with Gasteiger partial charge >= 0.3 is 0 Å². The molecule has 0 aliphatic carbocycles. The summed E-state index contributed by atoms with van der Waals surface area (Å²) in [6, 6.07) is 4.83. The van der Waals surface area contributed by atoms with E-state index in [9.17, 15) is 4.79 Å². The maximum atomic E-state index is 11.5. The number of benzene rings is 1. The molecule has 0 unspecified atom stereocenters. The highest BCUT2D eigenvalue weighted by atomic mass is 79.9. The molecule has 100 valence electrons. The lowest BCUT2D eigenvalue weighted by molar-refractivity contribution is -0.124. The van der Waals surface area contributed by atoms with Gasteiger partial charge in [-0.2, -0.15) is 0 Å². The second-order valence-corrected chi connectivity index (χ2v) is 5.01. The number of amides is 1. The van der Waals surface area contributed by atoms with Gasteiger partial charge in [-0.15, -0.1) is 0 Å². The average Bonchev–Trinajstić information content (AvgIpc) is 2.35. The Morgan fingerprint density at radius 2 is 2.33 bits per heavy atom. The van der Waals surface area contributed by atoms with Crippen LogP contribution in [-0.4, -0.2) is 30.3 Å². The largest absolute Gasteiger partial charge is 0.483 e. The smallest absolute Gasteiger partial charge is 0.258 e. The highest BCUT2D eigenvalue weighted by Crippen LogP contribution is 2.27. The van der Waals surface area contributed by atoms with Crippen molar-refractivity contribution in [3.8, 4) is 5.75 Å². The van der Waals surface area contributed by atoms with Gasteiger partial charge in [0.2, 0.25) is 0 Å². The topological polar surface area (TPSA) is 58.6 Å². The summed E-state index contributed by atoms with van der Waals surface area (Å²) in [5.74, 6) is 0.282. The Kier molecular flexibility index (Phi) is 6.46. The Bertz CT molecular complexity index is 410. The number of carbonyl (C=O) groups is 1. The molecule has 1 rings (SSSR count). The van der Waals surface area contributed by atoms with E-state index in [2.05, 4.69) is 21.2 Å². The maximum absolute atomic E-state index is 11.5. The van der Waals surface area contributed by atoms with Crippen LogP contribution in [0.15, 0.2) is 22.7 Å². The molecule has 0 aliphatic heterocycles. The van der Waals surface area contributed by atoms with Crippen molar-refractivity contribution < 1.29 is 14.6 Å². The summed E-state index contributed by atoms with van der Waals surface area (Å²) >= 11 is 9.09. The fourth-order valence-electron chi connectivity index (χ4n) is 1.28. The number of nitrogens with one attached hydrogen (secondary N) is 1. The third-order valence-corrected chi connectivity index (χ3v) is 3.19. The number of carbonyl (C=O) groups excluding carboxylic acids is 1. The van der Waals surface area contributed by atoms with Crippen LogP contribution >= 0.6 is 27.5 Å². The molecule has 0 aromatic heterocycles. The maximum Gasteiger partial charge on any atom is 0.258 e. The van der Waals surface area contributed by atoms with E-state index in [0.717, 1.165) is 0 Å². The predicted octanol–water partition coefficient (Wildman–Crippen LogP) is 2.37. The molecule has 0 fully saturated rings. The first-order valence-corrected chi connectivity index (χ1v) is 6.72. The third kappa shape index (κ3) is 4.84. The monoisotopic (exact) mass is 335 g/mol. The summed E-state index contributed by atoms with van der Waals surface area (Å²) in [4.78, 5) is 11.5. The molecule has 1 amide bonds. The van der Waals surface area contributed by atoms with Crippen LogP contribution in [0.5, 0.6) is 5.75 Å². The number of aliphatic hydroxyl groups is 1. The van der Waals surface area contributed by atoms with Crippen molar-refractivity contribution in [3.05, 3.63) is 27.7 Å². The number of ether oxygens (including phenoxy) is 1. The molecule has 1 atom stereocenters. The van der Waals surface area contributed by atoms with Gasteiger partial charge in [-0.3, -0.25) is 4.79 Å². The molecule has 0 saturated carbocycles. The summed E-state index contributed by atoms with van der Waals surface area (Å²) in [6.07, 6.45) is 0.673. The van der Waals surface area contributed by atoms with Crippen molar-refractivity contribution in [2.75, 3.05) is 13.2 Å². The average molecular weight is 337 g/mol. The second-order valence-electron chi connectivity index (χ2n) is 3.72. The zero-order valence-corrected chi connectivity index (χ0v) is 12.3. The summed E-state index contributed by atoms with van der Waals surface area (Å²) in [5, 5.41) is 12.2. The molecule has 0 spiro atoms. The molecule has 1 aromatic carbocycles. The Morgan fingerprint density at radius 3 is 2.89 bits per heavy atom. The molecule has 0 aliphatic rings. The highest BCUT2D eigenvalue weighted by Gasteiger charge is 2.10. The van der Waals surface area contributed by atoms with E-state index in [1.807, 2.05) is 6.92 Å². The van der Waals surface area contributed by atoms with Crippen molar-refractivity contribution in [1.82, 2.24) is 5.32 Å². The van der Waals surface area contributed by atoms with E-state index in [0.29, 0.717) is 21.7 Å². The molecule has 6 heteroatoms.